The molecule has 2 aromatic rings. The first-order valence-electron chi connectivity index (χ1n) is 5.79. The summed E-state index contributed by atoms with van der Waals surface area (Å²) in [5.74, 6) is 0. The highest BCUT2D eigenvalue weighted by molar-refractivity contribution is 7.12. The van der Waals surface area contributed by atoms with E-state index < -0.39 is 6.10 Å². The van der Waals surface area contributed by atoms with Crippen LogP contribution in [0.5, 0.6) is 0 Å². The van der Waals surface area contributed by atoms with Crippen molar-refractivity contribution in [3.8, 4) is 0 Å². The van der Waals surface area contributed by atoms with Gasteiger partial charge < -0.3 is 5.11 Å². The Bertz CT molecular complexity index is 482. The lowest BCUT2D eigenvalue weighted by atomic mass is 10.2. The topological polar surface area (TPSA) is 33.1 Å². The summed E-state index contributed by atoms with van der Waals surface area (Å²) in [4.78, 5) is 8.08. The average molecular weight is 267 g/mol. The standard InChI is InChI=1S/C13H17NOS2/c1-4-10-5-6-12(17-10)11(15)7-13-14-8(2)9(3)16-13/h5-6,11,15H,4,7H2,1-3H3. The van der Waals surface area contributed by atoms with Gasteiger partial charge in [0, 0.05) is 21.1 Å². The molecule has 0 aliphatic carbocycles. The minimum absolute atomic E-state index is 0.412. The van der Waals surface area contributed by atoms with Crippen LogP contribution < -0.4 is 0 Å². The Hall–Kier alpha value is -0.710. The molecule has 92 valence electrons. The summed E-state index contributed by atoms with van der Waals surface area (Å²) in [5, 5.41) is 11.2. The van der Waals surface area contributed by atoms with Crippen molar-refractivity contribution >= 4 is 22.7 Å². The second-order valence-electron chi connectivity index (χ2n) is 4.13. The van der Waals surface area contributed by atoms with E-state index in [0.717, 1.165) is 22.0 Å². The summed E-state index contributed by atoms with van der Waals surface area (Å²) >= 11 is 3.38. The molecular formula is C13H17NOS2. The molecule has 2 nitrogen and oxygen atoms in total. The predicted molar refractivity (Wildman–Crippen MR) is 73.9 cm³/mol. The number of aliphatic hydroxyl groups is 1. The van der Waals surface area contributed by atoms with Gasteiger partial charge in [0.25, 0.3) is 0 Å². The van der Waals surface area contributed by atoms with Gasteiger partial charge in [-0.1, -0.05) is 6.92 Å². The quantitative estimate of drug-likeness (QED) is 0.917. The largest absolute Gasteiger partial charge is 0.387 e. The third kappa shape index (κ3) is 2.94. The number of hydrogen-bond acceptors (Lipinski definition) is 4. The Morgan fingerprint density at radius 2 is 2.06 bits per heavy atom. The summed E-state index contributed by atoms with van der Waals surface area (Å²) in [6.07, 6.45) is 1.25. The Morgan fingerprint density at radius 1 is 1.29 bits per heavy atom. The first-order chi connectivity index (χ1) is 8.10. The third-order valence-electron chi connectivity index (χ3n) is 2.80. The van der Waals surface area contributed by atoms with Gasteiger partial charge in [-0.05, 0) is 32.4 Å². The molecule has 2 rings (SSSR count). The monoisotopic (exact) mass is 267 g/mol. The van der Waals surface area contributed by atoms with Crippen LogP contribution >= 0.6 is 22.7 Å². The Balaban J connectivity index is 2.08. The van der Waals surface area contributed by atoms with Crippen LogP contribution in [0.4, 0.5) is 0 Å². The van der Waals surface area contributed by atoms with Crippen LogP contribution in [0.25, 0.3) is 0 Å². The number of aliphatic hydroxyl groups excluding tert-OH is 1. The van der Waals surface area contributed by atoms with E-state index in [0.29, 0.717) is 6.42 Å². The lowest BCUT2D eigenvalue weighted by Gasteiger charge is -2.05. The zero-order valence-electron chi connectivity index (χ0n) is 10.4. The highest BCUT2D eigenvalue weighted by Crippen LogP contribution is 2.28. The fourth-order valence-electron chi connectivity index (χ4n) is 1.66. The molecule has 1 unspecified atom stereocenters. The Labute approximate surface area is 110 Å². The van der Waals surface area contributed by atoms with Gasteiger partial charge in [0.1, 0.15) is 0 Å². The molecule has 0 spiro atoms. The van der Waals surface area contributed by atoms with E-state index in [2.05, 4.69) is 24.9 Å². The highest BCUT2D eigenvalue weighted by atomic mass is 32.1. The highest BCUT2D eigenvalue weighted by Gasteiger charge is 2.14. The van der Waals surface area contributed by atoms with Crippen molar-refractivity contribution in [2.24, 2.45) is 0 Å². The van der Waals surface area contributed by atoms with Crippen molar-refractivity contribution in [3.63, 3.8) is 0 Å². The van der Waals surface area contributed by atoms with Crippen LogP contribution in [0.1, 0.15) is 38.4 Å². The van der Waals surface area contributed by atoms with E-state index in [4.69, 9.17) is 0 Å². The van der Waals surface area contributed by atoms with Gasteiger partial charge in [-0.25, -0.2) is 4.98 Å². The van der Waals surface area contributed by atoms with Gasteiger partial charge in [-0.15, -0.1) is 22.7 Å². The molecule has 0 aliphatic heterocycles. The van der Waals surface area contributed by atoms with Crippen LogP contribution in [0.15, 0.2) is 12.1 Å². The SMILES string of the molecule is CCc1ccc(C(O)Cc2nc(C)c(C)s2)s1. The van der Waals surface area contributed by atoms with Crippen molar-refractivity contribution in [1.82, 2.24) is 4.98 Å². The zero-order valence-corrected chi connectivity index (χ0v) is 12.0. The number of aryl methyl sites for hydroxylation is 3. The lowest BCUT2D eigenvalue weighted by Crippen LogP contribution is -1.98. The molecule has 0 saturated carbocycles. The predicted octanol–water partition coefficient (Wildman–Crippen LogP) is 3.66. The number of thiazole rings is 1. The molecule has 0 saturated heterocycles. The zero-order chi connectivity index (χ0) is 12.4. The Kier molecular flexibility index (Phi) is 3.97. The van der Waals surface area contributed by atoms with Crippen LogP contribution in [-0.2, 0) is 12.8 Å². The number of aromatic nitrogens is 1. The van der Waals surface area contributed by atoms with Gasteiger partial charge in [-0.2, -0.15) is 0 Å². The molecule has 0 aromatic carbocycles. The summed E-state index contributed by atoms with van der Waals surface area (Å²) in [6, 6.07) is 4.13. The maximum Gasteiger partial charge on any atom is 0.0960 e. The van der Waals surface area contributed by atoms with E-state index >= 15 is 0 Å². The maximum atomic E-state index is 10.2. The lowest BCUT2D eigenvalue weighted by molar-refractivity contribution is 0.182. The van der Waals surface area contributed by atoms with Gasteiger partial charge in [0.15, 0.2) is 0 Å². The molecule has 4 heteroatoms. The number of thiophene rings is 1. The van der Waals surface area contributed by atoms with Crippen LogP contribution in [-0.4, -0.2) is 10.1 Å². The van der Waals surface area contributed by atoms with Gasteiger partial charge in [-0.3, -0.25) is 0 Å². The Morgan fingerprint density at radius 3 is 2.59 bits per heavy atom. The fraction of sp³-hybridized carbons (Fsp3) is 0.462. The maximum absolute atomic E-state index is 10.2. The molecule has 0 radical (unpaired) electrons. The van der Waals surface area contributed by atoms with E-state index in [1.54, 1.807) is 22.7 Å². The summed E-state index contributed by atoms with van der Waals surface area (Å²) < 4.78 is 0. The summed E-state index contributed by atoms with van der Waals surface area (Å²) in [5.41, 5.74) is 1.08. The van der Waals surface area contributed by atoms with Crippen LogP contribution in [0.3, 0.4) is 0 Å². The van der Waals surface area contributed by atoms with Gasteiger partial charge in [0.2, 0.25) is 0 Å². The second-order valence-corrected chi connectivity index (χ2v) is 6.61. The number of nitrogens with zero attached hydrogens (tertiary/aromatic N) is 1. The van der Waals surface area contributed by atoms with Crippen molar-refractivity contribution in [2.45, 2.75) is 39.7 Å². The summed E-state index contributed by atoms with van der Waals surface area (Å²) in [6.45, 7) is 6.22. The fourth-order valence-corrected chi connectivity index (χ4v) is 3.57. The molecule has 17 heavy (non-hydrogen) atoms. The molecule has 2 heterocycles. The van der Waals surface area contributed by atoms with E-state index in [1.807, 2.05) is 13.0 Å². The first kappa shape index (κ1) is 12.7. The number of hydrogen-bond donors (Lipinski definition) is 1. The first-order valence-corrected chi connectivity index (χ1v) is 7.43. The molecule has 0 fully saturated rings. The van der Waals surface area contributed by atoms with Gasteiger partial charge >= 0.3 is 0 Å². The van der Waals surface area contributed by atoms with E-state index in [1.165, 1.54) is 9.75 Å². The molecule has 1 atom stereocenters. The summed E-state index contributed by atoms with van der Waals surface area (Å²) in [7, 11) is 0. The van der Waals surface area contributed by atoms with E-state index in [9.17, 15) is 5.11 Å². The third-order valence-corrected chi connectivity index (χ3v) is 5.23. The second kappa shape index (κ2) is 5.29. The number of rotatable bonds is 4. The minimum Gasteiger partial charge on any atom is -0.387 e. The molecule has 2 aromatic heterocycles. The van der Waals surface area contributed by atoms with Crippen LogP contribution in [0.2, 0.25) is 0 Å². The average Bonchev–Trinajstić information content (AvgIpc) is 2.87. The molecule has 0 amide bonds. The van der Waals surface area contributed by atoms with Crippen molar-refractivity contribution in [1.29, 1.82) is 0 Å². The normalized spacial score (nSPS) is 12.9. The van der Waals surface area contributed by atoms with Crippen molar-refractivity contribution in [3.05, 3.63) is 37.5 Å². The molecule has 0 aliphatic rings. The van der Waals surface area contributed by atoms with Gasteiger partial charge in [0.05, 0.1) is 16.8 Å². The molecular weight excluding hydrogens is 250 g/mol. The van der Waals surface area contributed by atoms with Crippen LogP contribution in [0, 0.1) is 13.8 Å². The molecule has 0 bridgehead atoms. The van der Waals surface area contributed by atoms with Crippen molar-refractivity contribution in [2.75, 3.05) is 0 Å². The minimum atomic E-state index is -0.412. The van der Waals surface area contributed by atoms with E-state index in [-0.39, 0.29) is 0 Å². The smallest absolute Gasteiger partial charge is 0.0960 e. The molecule has 1 N–H and O–H groups in total. The van der Waals surface area contributed by atoms with Crippen molar-refractivity contribution < 1.29 is 5.11 Å².